The molecule has 1 heterocycles. The predicted molar refractivity (Wildman–Crippen MR) is 72.2 cm³/mol. The molecule has 2 rings (SSSR count). The highest BCUT2D eigenvalue weighted by Gasteiger charge is 2.11. The van der Waals surface area contributed by atoms with Crippen molar-refractivity contribution in [2.75, 3.05) is 13.1 Å². The van der Waals surface area contributed by atoms with Crippen LogP contribution in [0.4, 0.5) is 4.39 Å². The number of carboxylic acid groups (broad SMARTS) is 1. The summed E-state index contributed by atoms with van der Waals surface area (Å²) < 4.78 is 13.5. The molecular weight excluding hydrogens is 245 g/mol. The largest absolute Gasteiger partial charge is 0.478 e. The number of carbonyl (C=O) groups is 1. The van der Waals surface area contributed by atoms with Crippen LogP contribution in [0.25, 0.3) is 6.08 Å². The summed E-state index contributed by atoms with van der Waals surface area (Å²) in [6.45, 7) is 2.96. The van der Waals surface area contributed by atoms with Crippen molar-refractivity contribution in [2.24, 2.45) is 0 Å². The predicted octanol–water partition coefficient (Wildman–Crippen LogP) is 2.91. The zero-order valence-corrected chi connectivity index (χ0v) is 10.8. The van der Waals surface area contributed by atoms with Gasteiger partial charge in [0.05, 0.1) is 0 Å². The number of likely N-dealkylation sites (tertiary alicyclic amines) is 1. The highest BCUT2D eigenvalue weighted by molar-refractivity contribution is 5.85. The van der Waals surface area contributed by atoms with Crippen molar-refractivity contribution >= 4 is 12.0 Å². The van der Waals surface area contributed by atoms with Gasteiger partial charge in [-0.25, -0.2) is 9.18 Å². The summed E-state index contributed by atoms with van der Waals surface area (Å²) in [5.41, 5.74) is 1.35. The number of aliphatic carboxylic acids is 1. The molecule has 1 fully saturated rings. The lowest BCUT2D eigenvalue weighted by atomic mass is 10.1. The fourth-order valence-corrected chi connectivity index (χ4v) is 2.36. The van der Waals surface area contributed by atoms with Crippen molar-refractivity contribution in [3.05, 3.63) is 41.2 Å². The zero-order valence-electron chi connectivity index (χ0n) is 10.8. The maximum absolute atomic E-state index is 13.5. The van der Waals surface area contributed by atoms with Gasteiger partial charge in [0.25, 0.3) is 0 Å². The maximum atomic E-state index is 13.5. The summed E-state index contributed by atoms with van der Waals surface area (Å²) in [6.07, 6.45) is 5.98. The number of piperidine rings is 1. The smallest absolute Gasteiger partial charge is 0.328 e. The van der Waals surface area contributed by atoms with E-state index in [1.54, 1.807) is 12.1 Å². The SMILES string of the molecule is O=C(O)/C=C/c1cc(CN2CCCCC2)ccc1F. The quantitative estimate of drug-likeness (QED) is 0.849. The number of nitrogens with zero attached hydrogens (tertiary/aromatic N) is 1. The van der Waals surface area contributed by atoms with Gasteiger partial charge in [0.1, 0.15) is 5.82 Å². The summed E-state index contributed by atoms with van der Waals surface area (Å²) in [5.74, 6) is -1.46. The second kappa shape index (κ2) is 6.48. The molecule has 0 saturated carbocycles. The highest BCUT2D eigenvalue weighted by atomic mass is 19.1. The Morgan fingerprint density at radius 3 is 2.74 bits per heavy atom. The van der Waals surface area contributed by atoms with Crippen LogP contribution in [0.3, 0.4) is 0 Å². The summed E-state index contributed by atoms with van der Waals surface area (Å²) in [6, 6.07) is 4.90. The molecule has 0 amide bonds. The molecule has 0 bridgehead atoms. The number of hydrogen-bond acceptors (Lipinski definition) is 2. The highest BCUT2D eigenvalue weighted by Crippen LogP contribution is 2.16. The maximum Gasteiger partial charge on any atom is 0.328 e. The number of rotatable bonds is 4. The van der Waals surface area contributed by atoms with Crippen LogP contribution in [0.1, 0.15) is 30.4 Å². The zero-order chi connectivity index (χ0) is 13.7. The van der Waals surface area contributed by atoms with Gasteiger partial charge < -0.3 is 5.11 Å². The van der Waals surface area contributed by atoms with Crippen molar-refractivity contribution in [1.82, 2.24) is 4.90 Å². The lowest BCUT2D eigenvalue weighted by Gasteiger charge is -2.26. The second-order valence-electron chi connectivity index (χ2n) is 4.86. The fourth-order valence-electron chi connectivity index (χ4n) is 2.36. The van der Waals surface area contributed by atoms with Crippen LogP contribution in [0.15, 0.2) is 24.3 Å². The Morgan fingerprint density at radius 2 is 2.05 bits per heavy atom. The number of carboxylic acids is 1. The fraction of sp³-hybridized carbons (Fsp3) is 0.400. The minimum Gasteiger partial charge on any atom is -0.478 e. The number of halogens is 1. The van der Waals surface area contributed by atoms with Crippen LogP contribution in [-0.4, -0.2) is 29.1 Å². The number of benzene rings is 1. The van der Waals surface area contributed by atoms with Crippen molar-refractivity contribution in [2.45, 2.75) is 25.8 Å². The van der Waals surface area contributed by atoms with Crippen LogP contribution in [0.2, 0.25) is 0 Å². The van der Waals surface area contributed by atoms with E-state index in [0.717, 1.165) is 31.3 Å². The van der Waals surface area contributed by atoms with E-state index in [1.807, 2.05) is 0 Å². The molecule has 0 aliphatic carbocycles. The van der Waals surface area contributed by atoms with Gasteiger partial charge in [0.15, 0.2) is 0 Å². The molecule has 4 heteroatoms. The van der Waals surface area contributed by atoms with E-state index in [4.69, 9.17) is 5.11 Å². The lowest BCUT2D eigenvalue weighted by molar-refractivity contribution is -0.131. The van der Waals surface area contributed by atoms with E-state index in [1.165, 1.54) is 31.4 Å². The van der Waals surface area contributed by atoms with E-state index in [2.05, 4.69) is 4.90 Å². The molecule has 0 unspecified atom stereocenters. The third-order valence-corrected chi connectivity index (χ3v) is 3.32. The molecule has 1 aromatic carbocycles. The first-order chi connectivity index (χ1) is 9.15. The van der Waals surface area contributed by atoms with E-state index < -0.39 is 5.97 Å². The van der Waals surface area contributed by atoms with Gasteiger partial charge in [-0.15, -0.1) is 0 Å². The van der Waals surface area contributed by atoms with Gasteiger partial charge in [-0.05, 0) is 49.7 Å². The average Bonchev–Trinajstić information content (AvgIpc) is 2.40. The molecule has 1 N–H and O–H groups in total. The van der Waals surface area contributed by atoms with Crippen molar-refractivity contribution in [1.29, 1.82) is 0 Å². The van der Waals surface area contributed by atoms with Gasteiger partial charge in [-0.1, -0.05) is 12.5 Å². The monoisotopic (exact) mass is 263 g/mol. The van der Waals surface area contributed by atoms with Gasteiger partial charge in [-0.2, -0.15) is 0 Å². The molecule has 1 saturated heterocycles. The third kappa shape index (κ3) is 4.17. The molecular formula is C15H18FNO2. The van der Waals surface area contributed by atoms with E-state index in [-0.39, 0.29) is 5.82 Å². The van der Waals surface area contributed by atoms with Crippen LogP contribution in [0.5, 0.6) is 0 Å². The molecule has 1 aliphatic rings. The molecule has 0 spiro atoms. The first-order valence-electron chi connectivity index (χ1n) is 6.57. The molecule has 3 nitrogen and oxygen atoms in total. The van der Waals surface area contributed by atoms with Crippen LogP contribution < -0.4 is 0 Å². The third-order valence-electron chi connectivity index (χ3n) is 3.32. The normalized spacial score (nSPS) is 16.9. The Hall–Kier alpha value is -1.68. The average molecular weight is 263 g/mol. The Balaban J connectivity index is 2.08. The summed E-state index contributed by atoms with van der Waals surface area (Å²) >= 11 is 0. The summed E-state index contributed by atoms with van der Waals surface area (Å²) in [4.78, 5) is 12.8. The van der Waals surface area contributed by atoms with Gasteiger partial charge >= 0.3 is 5.97 Å². The molecule has 0 radical (unpaired) electrons. The summed E-state index contributed by atoms with van der Waals surface area (Å²) in [5, 5.41) is 8.58. The standard InChI is InChI=1S/C15H18FNO2/c16-14-6-4-12(10-13(14)5-7-15(18)19)11-17-8-2-1-3-9-17/h4-7,10H,1-3,8-9,11H2,(H,18,19)/b7-5+. The Morgan fingerprint density at radius 1 is 1.32 bits per heavy atom. The molecule has 1 aromatic rings. The van der Waals surface area contributed by atoms with E-state index in [9.17, 15) is 9.18 Å². The second-order valence-corrected chi connectivity index (χ2v) is 4.86. The van der Waals surface area contributed by atoms with E-state index >= 15 is 0 Å². The molecule has 0 aromatic heterocycles. The Labute approximate surface area is 112 Å². The van der Waals surface area contributed by atoms with Gasteiger partial charge in [0.2, 0.25) is 0 Å². The van der Waals surface area contributed by atoms with Gasteiger partial charge in [-0.3, -0.25) is 4.90 Å². The summed E-state index contributed by atoms with van der Waals surface area (Å²) in [7, 11) is 0. The van der Waals surface area contributed by atoms with Crippen molar-refractivity contribution < 1.29 is 14.3 Å². The minimum absolute atomic E-state index is 0.330. The minimum atomic E-state index is -1.07. The molecule has 1 aliphatic heterocycles. The van der Waals surface area contributed by atoms with Gasteiger partial charge in [0, 0.05) is 18.2 Å². The molecule has 0 atom stereocenters. The lowest BCUT2D eigenvalue weighted by Crippen LogP contribution is -2.29. The Kier molecular flexibility index (Phi) is 4.68. The molecule has 102 valence electrons. The van der Waals surface area contributed by atoms with Crippen molar-refractivity contribution in [3.8, 4) is 0 Å². The Bertz CT molecular complexity index is 479. The van der Waals surface area contributed by atoms with E-state index in [0.29, 0.717) is 5.56 Å². The topological polar surface area (TPSA) is 40.5 Å². The van der Waals surface area contributed by atoms with Crippen molar-refractivity contribution in [3.63, 3.8) is 0 Å². The van der Waals surface area contributed by atoms with Crippen LogP contribution in [-0.2, 0) is 11.3 Å². The van der Waals surface area contributed by atoms with Crippen LogP contribution >= 0.6 is 0 Å². The van der Waals surface area contributed by atoms with Crippen LogP contribution in [0, 0.1) is 5.82 Å². The first-order valence-corrected chi connectivity index (χ1v) is 6.57. The number of hydrogen-bond donors (Lipinski definition) is 1. The molecule has 19 heavy (non-hydrogen) atoms. The first kappa shape index (κ1) is 13.7.